The molecule has 0 heterocycles. The van der Waals surface area contributed by atoms with Gasteiger partial charge >= 0.3 is 0 Å². The number of nitrogen functional groups attached to an aromatic ring is 1. The minimum atomic E-state index is -0.215. The standard InChI is InChI=1S/C16H19FN2O/c1-3-20-16-10-12(8-9-15(16)18)19-11(2)13-6-4-5-7-14(13)17/h4-11,19H,3,18H2,1-2H3. The molecule has 0 fully saturated rings. The van der Waals surface area contributed by atoms with Gasteiger partial charge in [-0.2, -0.15) is 0 Å². The summed E-state index contributed by atoms with van der Waals surface area (Å²) in [5, 5.41) is 3.25. The van der Waals surface area contributed by atoms with Crippen LogP contribution in [0.3, 0.4) is 0 Å². The van der Waals surface area contributed by atoms with Crippen molar-refractivity contribution in [3.8, 4) is 5.75 Å². The van der Waals surface area contributed by atoms with Gasteiger partial charge < -0.3 is 15.8 Å². The smallest absolute Gasteiger partial charge is 0.144 e. The molecule has 0 saturated heterocycles. The Morgan fingerprint density at radius 1 is 1.25 bits per heavy atom. The number of rotatable bonds is 5. The van der Waals surface area contributed by atoms with Crippen LogP contribution in [0.2, 0.25) is 0 Å². The number of anilines is 2. The third-order valence-electron chi connectivity index (χ3n) is 3.07. The third kappa shape index (κ3) is 3.20. The average Bonchev–Trinajstić information content (AvgIpc) is 2.43. The Bertz CT molecular complexity index is 586. The first-order chi connectivity index (χ1) is 9.61. The summed E-state index contributed by atoms with van der Waals surface area (Å²) in [5.41, 5.74) is 7.90. The van der Waals surface area contributed by atoms with Gasteiger partial charge in [-0.05, 0) is 32.0 Å². The van der Waals surface area contributed by atoms with Gasteiger partial charge in [-0.15, -0.1) is 0 Å². The van der Waals surface area contributed by atoms with Gasteiger partial charge in [0.1, 0.15) is 11.6 Å². The van der Waals surface area contributed by atoms with Crippen LogP contribution in [0.5, 0.6) is 5.75 Å². The summed E-state index contributed by atoms with van der Waals surface area (Å²) in [7, 11) is 0. The first-order valence-electron chi connectivity index (χ1n) is 6.65. The lowest BCUT2D eigenvalue weighted by molar-refractivity contribution is 0.342. The second kappa shape index (κ2) is 6.28. The van der Waals surface area contributed by atoms with Gasteiger partial charge in [0.25, 0.3) is 0 Å². The molecule has 3 nitrogen and oxygen atoms in total. The molecule has 2 rings (SSSR count). The lowest BCUT2D eigenvalue weighted by atomic mass is 10.1. The number of nitrogens with one attached hydrogen (secondary N) is 1. The Labute approximate surface area is 118 Å². The second-order valence-electron chi connectivity index (χ2n) is 4.57. The molecule has 1 atom stereocenters. The van der Waals surface area contributed by atoms with Crippen LogP contribution >= 0.6 is 0 Å². The van der Waals surface area contributed by atoms with Crippen molar-refractivity contribution in [1.82, 2.24) is 0 Å². The molecule has 0 aliphatic rings. The molecule has 0 aliphatic carbocycles. The molecular formula is C16H19FN2O. The van der Waals surface area contributed by atoms with E-state index in [2.05, 4.69) is 5.32 Å². The van der Waals surface area contributed by atoms with Crippen LogP contribution in [0.25, 0.3) is 0 Å². The van der Waals surface area contributed by atoms with E-state index in [1.165, 1.54) is 6.07 Å². The van der Waals surface area contributed by atoms with Crippen LogP contribution in [0.1, 0.15) is 25.5 Å². The van der Waals surface area contributed by atoms with E-state index in [0.29, 0.717) is 23.6 Å². The molecule has 0 aromatic heterocycles. The number of ether oxygens (including phenoxy) is 1. The summed E-state index contributed by atoms with van der Waals surface area (Å²) >= 11 is 0. The van der Waals surface area contributed by atoms with Crippen molar-refractivity contribution < 1.29 is 9.13 Å². The molecule has 0 radical (unpaired) electrons. The van der Waals surface area contributed by atoms with Crippen molar-refractivity contribution in [3.05, 3.63) is 53.8 Å². The molecule has 2 aromatic rings. The van der Waals surface area contributed by atoms with Gasteiger partial charge in [-0.3, -0.25) is 0 Å². The van der Waals surface area contributed by atoms with Crippen molar-refractivity contribution >= 4 is 11.4 Å². The Balaban J connectivity index is 2.17. The normalized spacial score (nSPS) is 11.9. The van der Waals surface area contributed by atoms with E-state index in [0.717, 1.165) is 5.69 Å². The van der Waals surface area contributed by atoms with E-state index in [4.69, 9.17) is 10.5 Å². The lowest BCUT2D eigenvalue weighted by Crippen LogP contribution is -2.09. The number of halogens is 1. The molecule has 4 heteroatoms. The van der Waals surface area contributed by atoms with Crippen LogP contribution in [0.15, 0.2) is 42.5 Å². The molecule has 0 saturated carbocycles. The van der Waals surface area contributed by atoms with Gasteiger partial charge in [0.2, 0.25) is 0 Å². The van der Waals surface area contributed by atoms with E-state index < -0.39 is 0 Å². The van der Waals surface area contributed by atoms with Crippen molar-refractivity contribution in [1.29, 1.82) is 0 Å². The maximum atomic E-state index is 13.7. The van der Waals surface area contributed by atoms with Gasteiger partial charge in [0, 0.05) is 17.3 Å². The molecule has 0 aliphatic heterocycles. The van der Waals surface area contributed by atoms with Crippen LogP contribution in [-0.2, 0) is 0 Å². The van der Waals surface area contributed by atoms with Crippen molar-refractivity contribution in [2.75, 3.05) is 17.7 Å². The van der Waals surface area contributed by atoms with E-state index in [-0.39, 0.29) is 11.9 Å². The highest BCUT2D eigenvalue weighted by molar-refractivity contribution is 5.61. The summed E-state index contributed by atoms with van der Waals surface area (Å²) in [6.07, 6.45) is 0. The molecule has 0 amide bonds. The monoisotopic (exact) mass is 274 g/mol. The Kier molecular flexibility index (Phi) is 4.45. The maximum Gasteiger partial charge on any atom is 0.144 e. The molecule has 0 spiro atoms. The van der Waals surface area contributed by atoms with E-state index in [9.17, 15) is 4.39 Å². The van der Waals surface area contributed by atoms with E-state index in [1.807, 2.05) is 32.0 Å². The fourth-order valence-electron chi connectivity index (χ4n) is 2.06. The average molecular weight is 274 g/mol. The molecule has 3 N–H and O–H groups in total. The summed E-state index contributed by atoms with van der Waals surface area (Å²) < 4.78 is 19.2. The van der Waals surface area contributed by atoms with Crippen LogP contribution < -0.4 is 15.8 Å². The van der Waals surface area contributed by atoms with Gasteiger partial charge in [0.05, 0.1) is 18.3 Å². The molecule has 1 unspecified atom stereocenters. The first-order valence-corrected chi connectivity index (χ1v) is 6.65. The topological polar surface area (TPSA) is 47.3 Å². The molecule has 0 bridgehead atoms. The second-order valence-corrected chi connectivity index (χ2v) is 4.57. The fraction of sp³-hybridized carbons (Fsp3) is 0.250. The predicted molar refractivity (Wildman–Crippen MR) is 80.5 cm³/mol. The van der Waals surface area contributed by atoms with Crippen molar-refractivity contribution in [3.63, 3.8) is 0 Å². The SMILES string of the molecule is CCOc1cc(NC(C)c2ccccc2F)ccc1N. The van der Waals surface area contributed by atoms with Crippen LogP contribution in [0.4, 0.5) is 15.8 Å². The summed E-state index contributed by atoms with van der Waals surface area (Å²) in [6.45, 7) is 4.37. The highest BCUT2D eigenvalue weighted by Gasteiger charge is 2.11. The van der Waals surface area contributed by atoms with E-state index in [1.54, 1.807) is 18.2 Å². The predicted octanol–water partition coefficient (Wildman–Crippen LogP) is 3.98. The minimum absolute atomic E-state index is 0.144. The van der Waals surface area contributed by atoms with Crippen molar-refractivity contribution in [2.45, 2.75) is 19.9 Å². The summed E-state index contributed by atoms with van der Waals surface area (Å²) in [5.74, 6) is 0.422. The molecule has 2 aromatic carbocycles. The van der Waals surface area contributed by atoms with Crippen LogP contribution in [0, 0.1) is 5.82 Å². The quantitative estimate of drug-likeness (QED) is 0.811. The fourth-order valence-corrected chi connectivity index (χ4v) is 2.06. The van der Waals surface area contributed by atoms with Gasteiger partial charge in [-0.1, -0.05) is 18.2 Å². The highest BCUT2D eigenvalue weighted by atomic mass is 19.1. The van der Waals surface area contributed by atoms with Gasteiger partial charge in [0.15, 0.2) is 0 Å². The Hall–Kier alpha value is -2.23. The Morgan fingerprint density at radius 2 is 2.00 bits per heavy atom. The molecule has 106 valence electrons. The molecule has 20 heavy (non-hydrogen) atoms. The largest absolute Gasteiger partial charge is 0.492 e. The highest BCUT2D eigenvalue weighted by Crippen LogP contribution is 2.28. The zero-order chi connectivity index (χ0) is 14.5. The number of nitrogens with two attached hydrogens (primary N) is 1. The summed E-state index contributed by atoms with van der Waals surface area (Å²) in [4.78, 5) is 0. The minimum Gasteiger partial charge on any atom is -0.492 e. The number of hydrogen-bond acceptors (Lipinski definition) is 3. The van der Waals surface area contributed by atoms with Crippen molar-refractivity contribution in [2.24, 2.45) is 0 Å². The van der Waals surface area contributed by atoms with E-state index >= 15 is 0 Å². The number of hydrogen-bond donors (Lipinski definition) is 2. The maximum absolute atomic E-state index is 13.7. The number of benzene rings is 2. The summed E-state index contributed by atoms with van der Waals surface area (Å²) in [6, 6.07) is 12.1. The lowest BCUT2D eigenvalue weighted by Gasteiger charge is -2.17. The van der Waals surface area contributed by atoms with Gasteiger partial charge in [-0.25, -0.2) is 4.39 Å². The molecular weight excluding hydrogens is 255 g/mol. The first kappa shape index (κ1) is 14.2. The zero-order valence-electron chi connectivity index (χ0n) is 11.7. The zero-order valence-corrected chi connectivity index (χ0v) is 11.7. The third-order valence-corrected chi connectivity index (χ3v) is 3.07. The van der Waals surface area contributed by atoms with Crippen LogP contribution in [-0.4, -0.2) is 6.61 Å². The Morgan fingerprint density at radius 3 is 2.70 bits per heavy atom.